The summed E-state index contributed by atoms with van der Waals surface area (Å²) in [6.07, 6.45) is 4.34. The predicted octanol–water partition coefficient (Wildman–Crippen LogP) is 0.882. The number of nitrogens with one attached hydrogen (secondary N) is 1. The molecule has 0 bridgehead atoms. The zero-order valence-electron chi connectivity index (χ0n) is 6.93. The van der Waals surface area contributed by atoms with E-state index in [-0.39, 0.29) is 12.5 Å². The molecular formula is C8H15NO2. The lowest BCUT2D eigenvalue weighted by molar-refractivity contribution is -0.122. The minimum Gasteiger partial charge on any atom is -0.349 e. The van der Waals surface area contributed by atoms with Gasteiger partial charge in [-0.25, -0.2) is 0 Å². The minimum absolute atomic E-state index is 0.0226. The molecule has 0 aliphatic rings. The summed E-state index contributed by atoms with van der Waals surface area (Å²) >= 11 is 0. The van der Waals surface area contributed by atoms with Crippen LogP contribution in [0.3, 0.4) is 0 Å². The van der Waals surface area contributed by atoms with Crippen LogP contribution in [0, 0.1) is 0 Å². The van der Waals surface area contributed by atoms with Crippen LogP contribution >= 0.6 is 0 Å². The van der Waals surface area contributed by atoms with Crippen LogP contribution in [0.1, 0.15) is 32.6 Å². The number of amides is 1. The van der Waals surface area contributed by atoms with Crippen molar-refractivity contribution in [3.63, 3.8) is 0 Å². The molecule has 0 aliphatic heterocycles. The molecule has 3 nitrogen and oxygen atoms in total. The van der Waals surface area contributed by atoms with E-state index >= 15 is 0 Å². The zero-order chi connectivity index (χ0) is 8.53. The van der Waals surface area contributed by atoms with E-state index in [2.05, 4.69) is 12.2 Å². The average molecular weight is 157 g/mol. The Kier molecular flexibility index (Phi) is 6.68. The molecule has 3 heteroatoms. The Morgan fingerprint density at radius 2 is 2.18 bits per heavy atom. The van der Waals surface area contributed by atoms with Gasteiger partial charge in [0.25, 0.3) is 0 Å². The second-order valence-electron chi connectivity index (χ2n) is 2.43. The number of aldehydes is 1. The number of rotatable bonds is 6. The zero-order valence-corrected chi connectivity index (χ0v) is 6.93. The monoisotopic (exact) mass is 157 g/mol. The Balaban J connectivity index is 3.15. The average Bonchev–Trinajstić information content (AvgIpc) is 2.01. The van der Waals surface area contributed by atoms with Crippen molar-refractivity contribution >= 4 is 12.2 Å². The summed E-state index contributed by atoms with van der Waals surface area (Å²) in [4.78, 5) is 20.6. The fourth-order valence-electron chi connectivity index (χ4n) is 0.779. The highest BCUT2D eigenvalue weighted by molar-refractivity contribution is 5.78. The normalized spacial score (nSPS) is 9.18. The maximum absolute atomic E-state index is 10.8. The third kappa shape index (κ3) is 7.03. The first-order chi connectivity index (χ1) is 5.31. The van der Waals surface area contributed by atoms with E-state index in [4.69, 9.17) is 0 Å². The second-order valence-corrected chi connectivity index (χ2v) is 2.43. The molecular weight excluding hydrogens is 142 g/mol. The van der Waals surface area contributed by atoms with E-state index in [9.17, 15) is 9.59 Å². The van der Waals surface area contributed by atoms with Crippen molar-refractivity contribution in [2.24, 2.45) is 0 Å². The molecule has 0 spiro atoms. The fraction of sp³-hybridized carbons (Fsp3) is 0.750. The van der Waals surface area contributed by atoms with Gasteiger partial charge in [0.05, 0.1) is 6.54 Å². The lowest BCUT2D eigenvalue weighted by atomic mass is 10.2. The molecule has 0 unspecified atom stereocenters. The second kappa shape index (κ2) is 7.25. The summed E-state index contributed by atoms with van der Waals surface area (Å²) in [7, 11) is 0. The van der Waals surface area contributed by atoms with E-state index < -0.39 is 0 Å². The van der Waals surface area contributed by atoms with Gasteiger partial charge in [-0.3, -0.25) is 4.79 Å². The van der Waals surface area contributed by atoms with Gasteiger partial charge in [0.15, 0.2) is 0 Å². The molecule has 0 rings (SSSR count). The van der Waals surface area contributed by atoms with E-state index in [1.54, 1.807) is 0 Å². The van der Waals surface area contributed by atoms with Crippen molar-refractivity contribution in [1.82, 2.24) is 5.32 Å². The first kappa shape index (κ1) is 10.1. The molecule has 0 atom stereocenters. The molecule has 0 aromatic rings. The molecule has 0 aliphatic carbocycles. The SMILES string of the molecule is CCCCCC(=O)NCC=O. The Bertz CT molecular complexity index is 123. The maximum Gasteiger partial charge on any atom is 0.220 e. The van der Waals surface area contributed by atoms with Gasteiger partial charge in [-0.1, -0.05) is 19.8 Å². The van der Waals surface area contributed by atoms with Gasteiger partial charge in [0, 0.05) is 6.42 Å². The number of hydrogen-bond acceptors (Lipinski definition) is 2. The molecule has 0 aromatic heterocycles. The van der Waals surface area contributed by atoms with Gasteiger partial charge in [-0.2, -0.15) is 0 Å². The highest BCUT2D eigenvalue weighted by Gasteiger charge is 1.97. The Labute approximate surface area is 67.2 Å². The largest absolute Gasteiger partial charge is 0.349 e. The van der Waals surface area contributed by atoms with Gasteiger partial charge in [0.1, 0.15) is 6.29 Å². The lowest BCUT2D eigenvalue weighted by Gasteiger charge is -1.99. The Hall–Kier alpha value is -0.860. The van der Waals surface area contributed by atoms with Crippen LogP contribution in [0.25, 0.3) is 0 Å². The number of hydrogen-bond donors (Lipinski definition) is 1. The summed E-state index contributed by atoms with van der Waals surface area (Å²) in [5, 5.41) is 2.48. The van der Waals surface area contributed by atoms with Crippen LogP contribution in [-0.4, -0.2) is 18.7 Å². The topological polar surface area (TPSA) is 46.2 Å². The Morgan fingerprint density at radius 3 is 2.73 bits per heavy atom. The van der Waals surface area contributed by atoms with Crippen LogP contribution < -0.4 is 5.32 Å². The summed E-state index contributed by atoms with van der Waals surface area (Å²) < 4.78 is 0. The molecule has 0 saturated heterocycles. The molecule has 1 N–H and O–H groups in total. The van der Waals surface area contributed by atoms with Crippen molar-refractivity contribution in [1.29, 1.82) is 0 Å². The van der Waals surface area contributed by atoms with Crippen molar-refractivity contribution in [3.8, 4) is 0 Å². The molecule has 0 saturated carbocycles. The minimum atomic E-state index is -0.0226. The summed E-state index contributed by atoms with van der Waals surface area (Å²) in [6, 6.07) is 0. The molecule has 0 heterocycles. The molecule has 1 amide bonds. The molecule has 0 radical (unpaired) electrons. The first-order valence-corrected chi connectivity index (χ1v) is 4.01. The van der Waals surface area contributed by atoms with Gasteiger partial charge in [0.2, 0.25) is 5.91 Å². The summed E-state index contributed by atoms with van der Waals surface area (Å²) in [5.41, 5.74) is 0. The molecule has 0 fully saturated rings. The van der Waals surface area contributed by atoms with Crippen LogP contribution in [0.5, 0.6) is 0 Å². The van der Waals surface area contributed by atoms with Crippen LogP contribution in [0.2, 0.25) is 0 Å². The van der Waals surface area contributed by atoms with Crippen LogP contribution in [-0.2, 0) is 9.59 Å². The van der Waals surface area contributed by atoms with E-state index in [1.807, 2.05) is 0 Å². The number of unbranched alkanes of at least 4 members (excludes halogenated alkanes) is 2. The van der Waals surface area contributed by atoms with Crippen LogP contribution in [0.15, 0.2) is 0 Å². The van der Waals surface area contributed by atoms with Crippen molar-refractivity contribution in [2.45, 2.75) is 32.6 Å². The standard InChI is InChI=1S/C8H15NO2/c1-2-3-4-5-8(11)9-6-7-10/h7H,2-6H2,1H3,(H,9,11). The summed E-state index contributed by atoms with van der Waals surface area (Å²) in [5.74, 6) is -0.0226. The maximum atomic E-state index is 10.8. The third-order valence-corrected chi connectivity index (χ3v) is 1.39. The predicted molar refractivity (Wildman–Crippen MR) is 43.2 cm³/mol. The van der Waals surface area contributed by atoms with Crippen molar-refractivity contribution in [2.75, 3.05) is 6.54 Å². The van der Waals surface area contributed by atoms with Gasteiger partial charge < -0.3 is 10.1 Å². The highest BCUT2D eigenvalue weighted by atomic mass is 16.2. The number of carbonyl (C=O) groups excluding carboxylic acids is 2. The van der Waals surface area contributed by atoms with Gasteiger partial charge >= 0.3 is 0 Å². The fourth-order valence-corrected chi connectivity index (χ4v) is 0.779. The smallest absolute Gasteiger partial charge is 0.220 e. The summed E-state index contributed by atoms with van der Waals surface area (Å²) in [6.45, 7) is 2.23. The molecule has 11 heavy (non-hydrogen) atoms. The van der Waals surface area contributed by atoms with E-state index in [0.717, 1.165) is 19.3 Å². The van der Waals surface area contributed by atoms with E-state index in [1.165, 1.54) is 0 Å². The number of carbonyl (C=O) groups is 2. The van der Waals surface area contributed by atoms with Crippen molar-refractivity contribution in [3.05, 3.63) is 0 Å². The molecule has 0 aromatic carbocycles. The van der Waals surface area contributed by atoms with Gasteiger partial charge in [-0.15, -0.1) is 0 Å². The van der Waals surface area contributed by atoms with Crippen LogP contribution in [0.4, 0.5) is 0 Å². The van der Waals surface area contributed by atoms with Crippen molar-refractivity contribution < 1.29 is 9.59 Å². The van der Waals surface area contributed by atoms with E-state index in [0.29, 0.717) is 12.7 Å². The first-order valence-electron chi connectivity index (χ1n) is 4.01. The molecule has 64 valence electrons. The Morgan fingerprint density at radius 1 is 1.45 bits per heavy atom. The van der Waals surface area contributed by atoms with Gasteiger partial charge in [-0.05, 0) is 6.42 Å². The highest BCUT2D eigenvalue weighted by Crippen LogP contribution is 1.97. The third-order valence-electron chi connectivity index (χ3n) is 1.39. The quantitative estimate of drug-likeness (QED) is 0.459. The lowest BCUT2D eigenvalue weighted by Crippen LogP contribution is -2.24.